The Kier molecular flexibility index (Phi) is 4.51. The normalized spacial score (nSPS) is 19.3. The van der Waals surface area contributed by atoms with Crippen LogP contribution >= 0.6 is 11.6 Å². The maximum atomic E-state index is 11.9. The number of benzene rings is 1. The molecule has 0 aliphatic carbocycles. The molecule has 0 spiro atoms. The number of carbonyl (C=O) groups excluding carboxylic acids is 2. The Bertz CT molecular complexity index is 904. The van der Waals surface area contributed by atoms with Crippen LogP contribution in [0.25, 0.3) is 11.0 Å². The van der Waals surface area contributed by atoms with Crippen LogP contribution in [0.15, 0.2) is 28.7 Å². The van der Waals surface area contributed by atoms with E-state index >= 15 is 0 Å². The highest BCUT2D eigenvalue weighted by Gasteiger charge is 2.29. The van der Waals surface area contributed by atoms with Crippen LogP contribution < -0.4 is 5.32 Å². The summed E-state index contributed by atoms with van der Waals surface area (Å²) in [7, 11) is -3.08. The molecule has 2 aromatic rings. The lowest BCUT2D eigenvalue weighted by Crippen LogP contribution is -2.38. The first-order valence-corrected chi connectivity index (χ1v) is 9.38. The van der Waals surface area contributed by atoms with Gasteiger partial charge in [0.1, 0.15) is 5.58 Å². The molecule has 0 radical (unpaired) electrons. The zero-order chi connectivity index (χ0) is 17.3. The molecular formula is C15H14ClNO6S. The van der Waals surface area contributed by atoms with Crippen molar-refractivity contribution in [3.05, 3.63) is 35.0 Å². The monoisotopic (exact) mass is 371 g/mol. The molecule has 1 fully saturated rings. The summed E-state index contributed by atoms with van der Waals surface area (Å²) < 4.78 is 32.9. The summed E-state index contributed by atoms with van der Waals surface area (Å²) in [5.41, 5.74) is 0.479. The third kappa shape index (κ3) is 3.88. The number of fused-ring (bicyclic) bond motifs is 1. The highest BCUT2D eigenvalue weighted by molar-refractivity contribution is 7.91. The number of sulfone groups is 1. The van der Waals surface area contributed by atoms with E-state index in [0.717, 1.165) is 0 Å². The van der Waals surface area contributed by atoms with Crippen LogP contribution in [0.5, 0.6) is 0 Å². The van der Waals surface area contributed by atoms with Crippen molar-refractivity contribution in [3.63, 3.8) is 0 Å². The van der Waals surface area contributed by atoms with Crippen molar-refractivity contribution in [1.82, 2.24) is 5.32 Å². The number of carbonyl (C=O) groups is 2. The fraction of sp³-hybridized carbons (Fsp3) is 0.333. The quantitative estimate of drug-likeness (QED) is 0.818. The Morgan fingerprint density at radius 2 is 2.12 bits per heavy atom. The molecule has 1 aromatic heterocycles. The third-order valence-corrected chi connectivity index (χ3v) is 5.61. The number of halogens is 1. The maximum Gasteiger partial charge on any atom is 0.374 e. The zero-order valence-corrected chi connectivity index (χ0v) is 14.0. The summed E-state index contributed by atoms with van der Waals surface area (Å²) in [4.78, 5) is 23.7. The van der Waals surface area contributed by atoms with Crippen molar-refractivity contribution in [3.8, 4) is 0 Å². The van der Waals surface area contributed by atoms with Gasteiger partial charge in [0.25, 0.3) is 5.91 Å². The van der Waals surface area contributed by atoms with E-state index in [9.17, 15) is 18.0 Å². The van der Waals surface area contributed by atoms with Gasteiger partial charge in [-0.25, -0.2) is 13.2 Å². The molecular weight excluding hydrogens is 358 g/mol. The van der Waals surface area contributed by atoms with Gasteiger partial charge in [0.05, 0.1) is 11.5 Å². The van der Waals surface area contributed by atoms with Crippen molar-refractivity contribution in [2.24, 2.45) is 0 Å². The Balaban J connectivity index is 1.55. The second-order valence-corrected chi connectivity index (χ2v) is 8.20. The number of esters is 1. The number of rotatable bonds is 4. The molecule has 1 atom stereocenters. The van der Waals surface area contributed by atoms with E-state index < -0.39 is 34.4 Å². The molecule has 3 rings (SSSR count). The molecule has 1 aliphatic rings. The van der Waals surface area contributed by atoms with E-state index in [-0.39, 0.29) is 17.3 Å². The predicted octanol–water partition coefficient (Wildman–Crippen LogP) is 1.55. The van der Waals surface area contributed by atoms with Crippen LogP contribution in [0.3, 0.4) is 0 Å². The van der Waals surface area contributed by atoms with Crippen LogP contribution in [0, 0.1) is 0 Å². The highest BCUT2D eigenvalue weighted by Crippen LogP contribution is 2.23. The summed E-state index contributed by atoms with van der Waals surface area (Å²) in [6.45, 7) is -0.507. The lowest BCUT2D eigenvalue weighted by Gasteiger charge is -2.10. The molecule has 1 aliphatic heterocycles. The van der Waals surface area contributed by atoms with Crippen molar-refractivity contribution < 1.29 is 27.2 Å². The van der Waals surface area contributed by atoms with Crippen LogP contribution in [-0.4, -0.2) is 44.4 Å². The van der Waals surface area contributed by atoms with E-state index in [2.05, 4.69) is 5.32 Å². The lowest BCUT2D eigenvalue weighted by molar-refractivity contribution is -0.124. The lowest BCUT2D eigenvalue weighted by atomic mass is 10.2. The molecule has 0 bridgehead atoms. The van der Waals surface area contributed by atoms with Gasteiger partial charge in [0.2, 0.25) is 5.76 Å². The average Bonchev–Trinajstić information content (AvgIpc) is 3.07. The van der Waals surface area contributed by atoms with Gasteiger partial charge >= 0.3 is 5.97 Å². The van der Waals surface area contributed by atoms with Gasteiger partial charge in [-0.05, 0) is 30.7 Å². The van der Waals surface area contributed by atoms with E-state index in [1.54, 1.807) is 18.2 Å². The zero-order valence-electron chi connectivity index (χ0n) is 12.5. The number of ether oxygens (including phenoxy) is 1. The fourth-order valence-electron chi connectivity index (χ4n) is 2.50. The largest absolute Gasteiger partial charge is 0.450 e. The van der Waals surface area contributed by atoms with E-state index in [0.29, 0.717) is 22.4 Å². The standard InChI is InChI=1S/C15H14ClNO6S/c16-10-1-2-12-9(5-10)6-13(23-12)15(19)22-7-14(18)17-11-3-4-24(20,21)8-11/h1-2,5-6,11H,3-4,7-8H2,(H,17,18)/t11-/m0/s1. The Morgan fingerprint density at radius 3 is 2.83 bits per heavy atom. The second-order valence-electron chi connectivity index (χ2n) is 5.54. The van der Waals surface area contributed by atoms with E-state index in [4.69, 9.17) is 20.8 Å². The molecule has 1 saturated heterocycles. The molecule has 1 N–H and O–H groups in total. The highest BCUT2D eigenvalue weighted by atomic mass is 35.5. The summed E-state index contributed by atoms with van der Waals surface area (Å²) in [5.74, 6) is -1.40. The van der Waals surface area contributed by atoms with Crippen molar-refractivity contribution >= 4 is 44.3 Å². The average molecular weight is 372 g/mol. The number of amides is 1. The molecule has 0 unspecified atom stereocenters. The van der Waals surface area contributed by atoms with Crippen molar-refractivity contribution in [2.75, 3.05) is 18.1 Å². The van der Waals surface area contributed by atoms with Gasteiger partial charge in [-0.3, -0.25) is 4.79 Å². The Hall–Kier alpha value is -2.06. The first-order chi connectivity index (χ1) is 11.3. The molecule has 1 aromatic carbocycles. The second kappa shape index (κ2) is 6.45. The summed E-state index contributed by atoms with van der Waals surface area (Å²) in [5, 5.41) is 3.69. The topological polar surface area (TPSA) is 103 Å². The molecule has 2 heterocycles. The summed E-state index contributed by atoms with van der Waals surface area (Å²) >= 11 is 5.86. The number of hydrogen-bond acceptors (Lipinski definition) is 6. The fourth-order valence-corrected chi connectivity index (χ4v) is 4.35. The maximum absolute atomic E-state index is 11.9. The minimum atomic E-state index is -3.08. The van der Waals surface area contributed by atoms with Gasteiger partial charge in [-0.2, -0.15) is 0 Å². The number of furan rings is 1. The van der Waals surface area contributed by atoms with E-state index in [1.165, 1.54) is 6.07 Å². The Labute approximate surface area is 142 Å². The summed E-state index contributed by atoms with van der Waals surface area (Å²) in [6.07, 6.45) is 0.367. The molecule has 128 valence electrons. The van der Waals surface area contributed by atoms with Gasteiger partial charge in [-0.15, -0.1) is 0 Å². The molecule has 24 heavy (non-hydrogen) atoms. The molecule has 9 heteroatoms. The van der Waals surface area contributed by atoms with Gasteiger partial charge in [0, 0.05) is 16.5 Å². The first-order valence-electron chi connectivity index (χ1n) is 7.18. The van der Waals surface area contributed by atoms with Gasteiger partial charge < -0.3 is 14.5 Å². The van der Waals surface area contributed by atoms with Crippen LogP contribution in [0.2, 0.25) is 5.02 Å². The van der Waals surface area contributed by atoms with Crippen molar-refractivity contribution in [1.29, 1.82) is 0 Å². The van der Waals surface area contributed by atoms with E-state index in [1.807, 2.05) is 0 Å². The SMILES string of the molecule is O=C(COC(=O)c1cc2cc(Cl)ccc2o1)N[C@H]1CCS(=O)(=O)C1. The number of nitrogens with one attached hydrogen (secondary N) is 1. The van der Waals surface area contributed by atoms with Gasteiger partial charge in [-0.1, -0.05) is 11.6 Å². The summed E-state index contributed by atoms with van der Waals surface area (Å²) in [6, 6.07) is 5.94. The van der Waals surface area contributed by atoms with Crippen LogP contribution in [-0.2, 0) is 19.4 Å². The minimum Gasteiger partial charge on any atom is -0.450 e. The third-order valence-electron chi connectivity index (χ3n) is 3.61. The molecule has 1 amide bonds. The van der Waals surface area contributed by atoms with Crippen LogP contribution in [0.4, 0.5) is 0 Å². The predicted molar refractivity (Wildman–Crippen MR) is 86.7 cm³/mol. The molecule has 0 saturated carbocycles. The molecule has 7 nitrogen and oxygen atoms in total. The minimum absolute atomic E-state index is 0.0384. The van der Waals surface area contributed by atoms with Crippen molar-refractivity contribution in [2.45, 2.75) is 12.5 Å². The number of hydrogen-bond donors (Lipinski definition) is 1. The van der Waals surface area contributed by atoms with Gasteiger partial charge in [0.15, 0.2) is 16.4 Å². The van der Waals surface area contributed by atoms with Crippen LogP contribution in [0.1, 0.15) is 17.0 Å². The Morgan fingerprint density at radius 1 is 1.33 bits per heavy atom. The first kappa shape index (κ1) is 16.8. The smallest absolute Gasteiger partial charge is 0.374 e.